The first kappa shape index (κ1) is 19.4. The summed E-state index contributed by atoms with van der Waals surface area (Å²) in [6, 6.07) is 13.9. The molecule has 29 heavy (non-hydrogen) atoms. The Balaban J connectivity index is 1.67. The van der Waals surface area contributed by atoms with E-state index in [2.05, 4.69) is 40.5 Å². The summed E-state index contributed by atoms with van der Waals surface area (Å²) < 4.78 is 7.40. The summed E-state index contributed by atoms with van der Waals surface area (Å²) in [7, 11) is 0. The average Bonchev–Trinajstić information content (AvgIpc) is 3.10. The van der Waals surface area contributed by atoms with Crippen LogP contribution in [0.4, 0.5) is 5.13 Å². The lowest BCUT2D eigenvalue weighted by Gasteiger charge is -2.16. The van der Waals surface area contributed by atoms with Gasteiger partial charge in [0.1, 0.15) is 5.75 Å². The van der Waals surface area contributed by atoms with Crippen molar-refractivity contribution in [3.05, 3.63) is 64.1 Å². The molecule has 0 saturated heterocycles. The summed E-state index contributed by atoms with van der Waals surface area (Å²) in [5.41, 5.74) is 1.74. The van der Waals surface area contributed by atoms with Crippen molar-refractivity contribution in [1.82, 2.24) is 14.6 Å². The molecule has 4 aromatic rings. The molecule has 2 aromatic carbocycles. The predicted octanol–water partition coefficient (Wildman–Crippen LogP) is 4.66. The van der Waals surface area contributed by atoms with Gasteiger partial charge in [0.15, 0.2) is 0 Å². The number of nitrogens with one attached hydrogen (secondary N) is 1. The maximum Gasteiger partial charge on any atom is 0.275 e. The van der Waals surface area contributed by atoms with Gasteiger partial charge in [-0.3, -0.25) is 4.79 Å². The Hall–Kier alpha value is -2.93. The van der Waals surface area contributed by atoms with Crippen LogP contribution in [0.15, 0.2) is 47.3 Å². The minimum atomic E-state index is -0.142. The van der Waals surface area contributed by atoms with E-state index < -0.39 is 0 Å². The van der Waals surface area contributed by atoms with Crippen molar-refractivity contribution < 1.29 is 4.74 Å². The minimum absolute atomic E-state index is 0.0807. The van der Waals surface area contributed by atoms with Crippen molar-refractivity contribution in [1.29, 1.82) is 0 Å². The van der Waals surface area contributed by atoms with Crippen molar-refractivity contribution in [2.75, 3.05) is 5.32 Å². The summed E-state index contributed by atoms with van der Waals surface area (Å²) in [5, 5.41) is 10.7. The van der Waals surface area contributed by atoms with Crippen LogP contribution in [0, 0.1) is 0 Å². The third-order valence-corrected chi connectivity index (χ3v) is 5.45. The van der Waals surface area contributed by atoms with E-state index in [0.717, 1.165) is 40.6 Å². The molecule has 1 N–H and O–H groups in total. The second-order valence-corrected chi connectivity index (χ2v) is 8.18. The van der Waals surface area contributed by atoms with Gasteiger partial charge >= 0.3 is 0 Å². The Morgan fingerprint density at radius 3 is 2.83 bits per heavy atom. The monoisotopic (exact) mass is 408 g/mol. The Labute approximate surface area is 173 Å². The minimum Gasteiger partial charge on any atom is -0.491 e. The highest BCUT2D eigenvalue weighted by molar-refractivity contribution is 7.20. The van der Waals surface area contributed by atoms with Crippen LogP contribution in [-0.2, 0) is 13.0 Å². The summed E-state index contributed by atoms with van der Waals surface area (Å²) in [4.78, 5) is 17.5. The second kappa shape index (κ2) is 8.21. The zero-order valence-corrected chi connectivity index (χ0v) is 17.6. The van der Waals surface area contributed by atoms with Gasteiger partial charge < -0.3 is 10.1 Å². The molecule has 0 unspecified atom stereocenters. The van der Waals surface area contributed by atoms with Crippen LogP contribution in [0.25, 0.3) is 15.7 Å². The Kier molecular flexibility index (Phi) is 5.49. The van der Waals surface area contributed by atoms with Crippen LogP contribution in [-0.4, -0.2) is 20.7 Å². The molecule has 150 valence electrons. The number of hydrogen-bond donors (Lipinski definition) is 1. The van der Waals surface area contributed by atoms with Gasteiger partial charge in [-0.2, -0.15) is 4.52 Å². The number of benzene rings is 2. The number of fused-ring (bicyclic) bond motifs is 2. The maximum atomic E-state index is 12.3. The molecule has 0 atom stereocenters. The van der Waals surface area contributed by atoms with Gasteiger partial charge in [-0.25, -0.2) is 4.98 Å². The maximum absolute atomic E-state index is 12.3. The van der Waals surface area contributed by atoms with Crippen molar-refractivity contribution in [2.24, 2.45) is 0 Å². The molecule has 4 rings (SSSR count). The molecule has 0 bridgehead atoms. The molecular weight excluding hydrogens is 384 g/mol. The van der Waals surface area contributed by atoms with Gasteiger partial charge in [0.25, 0.3) is 5.56 Å². The van der Waals surface area contributed by atoms with Gasteiger partial charge in [-0.05, 0) is 37.1 Å². The summed E-state index contributed by atoms with van der Waals surface area (Å²) >= 11 is 1.38. The van der Waals surface area contributed by atoms with Gasteiger partial charge in [0.2, 0.25) is 10.1 Å². The summed E-state index contributed by atoms with van der Waals surface area (Å²) in [5.74, 6) is 0.854. The van der Waals surface area contributed by atoms with Crippen LogP contribution in [0.5, 0.6) is 5.75 Å². The fourth-order valence-corrected chi connectivity index (χ4v) is 4.16. The van der Waals surface area contributed by atoms with E-state index in [4.69, 9.17) is 4.74 Å². The molecule has 0 saturated carbocycles. The highest BCUT2D eigenvalue weighted by atomic mass is 32.1. The predicted molar refractivity (Wildman–Crippen MR) is 118 cm³/mol. The fraction of sp³-hybridized carbons (Fsp3) is 0.318. The van der Waals surface area contributed by atoms with E-state index in [9.17, 15) is 4.79 Å². The van der Waals surface area contributed by atoms with Crippen LogP contribution in [0.1, 0.15) is 38.4 Å². The van der Waals surface area contributed by atoms with Crippen LogP contribution >= 0.6 is 11.3 Å². The molecule has 7 heteroatoms. The molecule has 6 nitrogen and oxygen atoms in total. The molecular formula is C22H24N4O2S. The van der Waals surface area contributed by atoms with E-state index in [1.54, 1.807) is 6.07 Å². The molecule has 0 aliphatic heterocycles. The first-order valence-electron chi connectivity index (χ1n) is 9.86. The number of rotatable bonds is 7. The number of nitrogens with zero attached hydrogens (tertiary/aromatic N) is 3. The van der Waals surface area contributed by atoms with Gasteiger partial charge in [-0.1, -0.05) is 55.0 Å². The third-order valence-electron chi connectivity index (χ3n) is 4.58. The normalized spacial score (nSPS) is 11.4. The Morgan fingerprint density at radius 2 is 2.03 bits per heavy atom. The fourth-order valence-electron chi connectivity index (χ4n) is 3.34. The number of anilines is 1. The van der Waals surface area contributed by atoms with Crippen molar-refractivity contribution in [2.45, 2.75) is 46.3 Å². The largest absolute Gasteiger partial charge is 0.491 e. The van der Waals surface area contributed by atoms with Crippen LogP contribution in [0.3, 0.4) is 0 Å². The van der Waals surface area contributed by atoms with Crippen molar-refractivity contribution in [3.63, 3.8) is 0 Å². The average molecular weight is 409 g/mol. The highest BCUT2D eigenvalue weighted by Crippen LogP contribution is 2.30. The molecule has 0 fully saturated rings. The number of aryl methyl sites for hydroxylation is 1. The molecule has 0 amide bonds. The molecule has 0 aliphatic carbocycles. The van der Waals surface area contributed by atoms with Crippen LogP contribution in [0.2, 0.25) is 0 Å². The second-order valence-electron chi connectivity index (χ2n) is 7.22. The quantitative estimate of drug-likeness (QED) is 0.482. The zero-order chi connectivity index (χ0) is 20.4. The SMILES string of the molecule is CCCc1cc(=O)n2nc(NCc3c(OC(C)C)ccc4ccccc34)sc2n1. The van der Waals surface area contributed by atoms with E-state index in [-0.39, 0.29) is 11.7 Å². The molecule has 2 aromatic heterocycles. The first-order valence-corrected chi connectivity index (χ1v) is 10.7. The van der Waals surface area contributed by atoms with E-state index in [1.165, 1.54) is 15.9 Å². The van der Waals surface area contributed by atoms with Gasteiger partial charge in [0, 0.05) is 23.9 Å². The topological polar surface area (TPSA) is 68.5 Å². The van der Waals surface area contributed by atoms with E-state index in [0.29, 0.717) is 16.6 Å². The lowest BCUT2D eigenvalue weighted by molar-refractivity contribution is 0.240. The van der Waals surface area contributed by atoms with Gasteiger partial charge in [-0.15, -0.1) is 5.10 Å². The van der Waals surface area contributed by atoms with Gasteiger partial charge in [0.05, 0.1) is 6.10 Å². The lowest BCUT2D eigenvalue weighted by Crippen LogP contribution is -2.15. The molecule has 0 spiro atoms. The molecule has 0 aliphatic rings. The lowest BCUT2D eigenvalue weighted by atomic mass is 10.0. The highest BCUT2D eigenvalue weighted by Gasteiger charge is 2.13. The van der Waals surface area contributed by atoms with Crippen molar-refractivity contribution in [3.8, 4) is 5.75 Å². The Bertz CT molecular complexity index is 1210. The van der Waals surface area contributed by atoms with Crippen molar-refractivity contribution >= 4 is 32.2 Å². The van der Waals surface area contributed by atoms with E-state index in [1.807, 2.05) is 32.0 Å². The number of aromatic nitrogens is 3. The van der Waals surface area contributed by atoms with Crippen LogP contribution < -0.4 is 15.6 Å². The summed E-state index contributed by atoms with van der Waals surface area (Å²) in [6.07, 6.45) is 1.82. The Morgan fingerprint density at radius 1 is 1.21 bits per heavy atom. The first-order chi connectivity index (χ1) is 14.0. The number of ether oxygens (including phenoxy) is 1. The molecule has 2 heterocycles. The third kappa shape index (κ3) is 4.10. The summed E-state index contributed by atoms with van der Waals surface area (Å²) in [6.45, 7) is 6.65. The van der Waals surface area contributed by atoms with E-state index >= 15 is 0 Å². The smallest absolute Gasteiger partial charge is 0.275 e. The molecule has 0 radical (unpaired) electrons. The zero-order valence-electron chi connectivity index (χ0n) is 16.8. The number of hydrogen-bond acceptors (Lipinski definition) is 6. The standard InChI is InChI=1S/C22H24N4O2S/c1-4-7-16-12-20(27)26-22(24-16)29-21(25-26)23-13-18-17-9-6-5-8-15(17)10-11-19(18)28-14(2)3/h5-6,8-12,14H,4,7,13H2,1-3H3,(H,23,25).